The number of ketones is 1. The van der Waals surface area contributed by atoms with Crippen LogP contribution in [0.2, 0.25) is 0 Å². The van der Waals surface area contributed by atoms with E-state index in [-0.39, 0.29) is 5.92 Å². The molecule has 0 saturated carbocycles. The Morgan fingerprint density at radius 3 is 2.89 bits per heavy atom. The van der Waals surface area contributed by atoms with Gasteiger partial charge in [-0.2, -0.15) is 0 Å². The summed E-state index contributed by atoms with van der Waals surface area (Å²) in [4.78, 5) is 23.5. The van der Waals surface area contributed by atoms with Crippen LogP contribution in [0.25, 0.3) is 10.8 Å². The van der Waals surface area contributed by atoms with E-state index in [4.69, 9.17) is 0 Å². The minimum atomic E-state index is 0.0771. The second-order valence-corrected chi connectivity index (χ2v) is 8.06. The molecule has 1 unspecified atom stereocenters. The Bertz CT molecular complexity index is 1010. The zero-order chi connectivity index (χ0) is 18.4. The number of piperidine rings is 1. The highest BCUT2D eigenvalue weighted by Gasteiger charge is 2.29. The number of benzene rings is 2. The van der Waals surface area contributed by atoms with Gasteiger partial charge in [0.25, 0.3) is 0 Å². The van der Waals surface area contributed by atoms with Gasteiger partial charge in [-0.25, -0.2) is 4.98 Å². The van der Waals surface area contributed by atoms with Gasteiger partial charge in [-0.1, -0.05) is 30.3 Å². The quantitative estimate of drug-likeness (QED) is 0.715. The fourth-order valence-corrected chi connectivity index (χ4v) is 4.85. The largest absolute Gasteiger partial charge is 0.345 e. The van der Waals surface area contributed by atoms with Crippen molar-refractivity contribution >= 4 is 16.6 Å². The minimum absolute atomic E-state index is 0.0771. The van der Waals surface area contributed by atoms with Crippen LogP contribution in [0.4, 0.5) is 0 Å². The average molecular weight is 359 g/mol. The molecular formula is C23H25N3O. The number of likely N-dealkylation sites (tertiary alicyclic amines) is 1. The maximum atomic E-state index is 13.4. The summed E-state index contributed by atoms with van der Waals surface area (Å²) in [6, 6.07) is 10.7. The number of hydrogen-bond donors (Lipinski definition) is 1. The molecule has 3 aromatic rings. The Hall–Kier alpha value is -2.46. The zero-order valence-electron chi connectivity index (χ0n) is 15.8. The Morgan fingerprint density at radius 2 is 2.07 bits per heavy atom. The van der Waals surface area contributed by atoms with Crippen LogP contribution in [0.5, 0.6) is 0 Å². The van der Waals surface area contributed by atoms with Crippen LogP contribution < -0.4 is 0 Å². The van der Waals surface area contributed by atoms with Crippen molar-refractivity contribution in [1.29, 1.82) is 0 Å². The van der Waals surface area contributed by atoms with Crippen molar-refractivity contribution in [2.45, 2.75) is 39.2 Å². The molecule has 1 aromatic heterocycles. The second-order valence-electron chi connectivity index (χ2n) is 8.06. The van der Waals surface area contributed by atoms with Gasteiger partial charge in [0.1, 0.15) is 5.82 Å². The Kier molecular flexibility index (Phi) is 4.09. The molecule has 4 heteroatoms. The molecule has 4 nitrogen and oxygen atoms in total. The summed E-state index contributed by atoms with van der Waals surface area (Å²) >= 11 is 0. The van der Waals surface area contributed by atoms with E-state index in [1.807, 2.05) is 13.1 Å². The van der Waals surface area contributed by atoms with E-state index in [0.29, 0.717) is 5.78 Å². The molecule has 5 rings (SSSR count). The first kappa shape index (κ1) is 16.7. The Balaban J connectivity index is 1.40. The number of Topliss-reactive ketones (excluding diaryl/α,β-unsaturated/α-hetero) is 1. The SMILES string of the molecule is Cc1cnc(CN2CCCC(C(=O)c3ccc4c5c(cccc35)CC4)C2)[nH]1. The van der Waals surface area contributed by atoms with Gasteiger partial charge < -0.3 is 4.98 Å². The van der Waals surface area contributed by atoms with Gasteiger partial charge in [-0.05, 0) is 61.1 Å². The van der Waals surface area contributed by atoms with Crippen molar-refractivity contribution in [1.82, 2.24) is 14.9 Å². The first-order valence-electron chi connectivity index (χ1n) is 9.99. The molecule has 2 aromatic carbocycles. The summed E-state index contributed by atoms with van der Waals surface area (Å²) in [5, 5.41) is 2.49. The molecule has 1 saturated heterocycles. The molecule has 0 amide bonds. The van der Waals surface area contributed by atoms with Crippen LogP contribution in [0.1, 0.15) is 45.8 Å². The van der Waals surface area contributed by atoms with E-state index in [1.165, 1.54) is 16.5 Å². The summed E-state index contributed by atoms with van der Waals surface area (Å²) in [6.45, 7) is 4.67. The maximum absolute atomic E-state index is 13.4. The van der Waals surface area contributed by atoms with Gasteiger partial charge in [0.15, 0.2) is 5.78 Å². The number of imidazole rings is 1. The smallest absolute Gasteiger partial charge is 0.167 e. The summed E-state index contributed by atoms with van der Waals surface area (Å²) in [5.74, 6) is 1.38. The number of carbonyl (C=O) groups is 1. The second kappa shape index (κ2) is 6.61. The van der Waals surface area contributed by atoms with Gasteiger partial charge in [-0.15, -0.1) is 0 Å². The van der Waals surface area contributed by atoms with Gasteiger partial charge in [0, 0.05) is 29.9 Å². The van der Waals surface area contributed by atoms with Crippen LogP contribution in [-0.4, -0.2) is 33.7 Å². The zero-order valence-corrected chi connectivity index (χ0v) is 15.8. The van der Waals surface area contributed by atoms with Gasteiger partial charge in [-0.3, -0.25) is 9.69 Å². The summed E-state index contributed by atoms with van der Waals surface area (Å²) < 4.78 is 0. The third kappa shape index (κ3) is 2.98. The molecule has 1 atom stereocenters. The normalized spacial score (nSPS) is 19.7. The van der Waals surface area contributed by atoms with Crippen molar-refractivity contribution < 1.29 is 4.79 Å². The van der Waals surface area contributed by atoms with E-state index in [1.54, 1.807) is 0 Å². The van der Waals surface area contributed by atoms with E-state index in [0.717, 1.165) is 67.8 Å². The highest BCUT2D eigenvalue weighted by Crippen LogP contribution is 2.34. The number of aromatic amines is 1. The van der Waals surface area contributed by atoms with Crippen LogP contribution in [0.3, 0.4) is 0 Å². The minimum Gasteiger partial charge on any atom is -0.345 e. The van der Waals surface area contributed by atoms with Gasteiger partial charge in [0.2, 0.25) is 0 Å². The number of aromatic nitrogens is 2. The van der Waals surface area contributed by atoms with Crippen molar-refractivity contribution in [2.75, 3.05) is 13.1 Å². The molecule has 0 radical (unpaired) electrons. The Labute approximate surface area is 159 Å². The number of rotatable bonds is 4. The summed E-state index contributed by atoms with van der Waals surface area (Å²) in [7, 11) is 0. The predicted octanol–water partition coefficient (Wildman–Crippen LogP) is 4.06. The lowest BCUT2D eigenvalue weighted by Crippen LogP contribution is -2.38. The van der Waals surface area contributed by atoms with Crippen molar-refractivity contribution in [3.05, 3.63) is 64.7 Å². The third-order valence-electron chi connectivity index (χ3n) is 6.15. The molecule has 138 valence electrons. The van der Waals surface area contributed by atoms with Gasteiger partial charge >= 0.3 is 0 Å². The molecular weight excluding hydrogens is 334 g/mol. The van der Waals surface area contributed by atoms with Crippen LogP contribution in [0.15, 0.2) is 36.5 Å². The Morgan fingerprint density at radius 1 is 1.22 bits per heavy atom. The average Bonchev–Trinajstić information content (AvgIpc) is 3.29. The molecule has 2 heterocycles. The first-order valence-corrected chi connectivity index (χ1v) is 9.99. The predicted molar refractivity (Wildman–Crippen MR) is 107 cm³/mol. The molecule has 27 heavy (non-hydrogen) atoms. The first-order chi connectivity index (χ1) is 13.2. The number of aryl methyl sites for hydroxylation is 3. The number of nitrogens with one attached hydrogen (secondary N) is 1. The number of hydrogen-bond acceptors (Lipinski definition) is 3. The van der Waals surface area contributed by atoms with E-state index in [9.17, 15) is 4.79 Å². The van der Waals surface area contributed by atoms with Crippen LogP contribution >= 0.6 is 0 Å². The van der Waals surface area contributed by atoms with E-state index >= 15 is 0 Å². The number of carbonyl (C=O) groups excluding carboxylic acids is 1. The fourth-order valence-electron chi connectivity index (χ4n) is 4.85. The fraction of sp³-hybridized carbons (Fsp3) is 0.391. The highest BCUT2D eigenvalue weighted by molar-refractivity contribution is 6.11. The van der Waals surface area contributed by atoms with E-state index < -0.39 is 0 Å². The highest BCUT2D eigenvalue weighted by atomic mass is 16.1. The maximum Gasteiger partial charge on any atom is 0.167 e. The monoisotopic (exact) mass is 359 g/mol. The summed E-state index contributed by atoms with van der Waals surface area (Å²) in [6.07, 6.45) is 6.12. The molecule has 0 bridgehead atoms. The standard InChI is InChI=1S/C23H25N3O/c1-15-12-24-21(25-15)14-26-11-3-5-18(13-26)23(27)20-10-9-17-8-7-16-4-2-6-19(20)22(16)17/h2,4,6,9-10,12,18H,3,5,7-8,11,13-14H2,1H3,(H,24,25). The van der Waals surface area contributed by atoms with Crippen LogP contribution in [0, 0.1) is 12.8 Å². The van der Waals surface area contributed by atoms with Crippen molar-refractivity contribution in [3.63, 3.8) is 0 Å². The van der Waals surface area contributed by atoms with Crippen LogP contribution in [-0.2, 0) is 19.4 Å². The van der Waals surface area contributed by atoms with E-state index in [2.05, 4.69) is 45.2 Å². The summed E-state index contributed by atoms with van der Waals surface area (Å²) in [5.41, 5.74) is 4.80. The third-order valence-corrected chi connectivity index (χ3v) is 6.15. The molecule has 1 aliphatic carbocycles. The van der Waals surface area contributed by atoms with Gasteiger partial charge in [0.05, 0.1) is 6.54 Å². The van der Waals surface area contributed by atoms with Crippen molar-refractivity contribution in [2.24, 2.45) is 5.92 Å². The lowest BCUT2D eigenvalue weighted by atomic mass is 9.87. The molecule has 1 N–H and O–H groups in total. The molecule has 2 aliphatic rings. The lowest BCUT2D eigenvalue weighted by molar-refractivity contribution is 0.0810. The topological polar surface area (TPSA) is 49.0 Å². The molecule has 0 spiro atoms. The molecule has 1 fully saturated rings. The lowest BCUT2D eigenvalue weighted by Gasteiger charge is -2.31. The number of nitrogens with zero attached hydrogens (tertiary/aromatic N) is 2. The van der Waals surface area contributed by atoms with Crippen molar-refractivity contribution in [3.8, 4) is 0 Å². The molecule has 1 aliphatic heterocycles. The number of H-pyrrole nitrogens is 1.